The van der Waals surface area contributed by atoms with Gasteiger partial charge >= 0.3 is 0 Å². The smallest absolute Gasteiger partial charge is 0.262 e. The predicted molar refractivity (Wildman–Crippen MR) is 116 cm³/mol. The number of piperidine rings is 1. The standard InChI is InChI=1S/C23H27N5O5/c29-18-7-6-16(20(30)25-18)28-21(31)15-4-1-3-14(19(15)23(28)33)13-27-10-2-5-17(27)22(32)26-11-8-24-9-12-26/h1,3-4,16-17,24H,2,5-13H2,(H,25,29,30)/t16?,17-/m1/s1. The molecule has 10 nitrogen and oxygen atoms in total. The molecule has 4 aliphatic heterocycles. The molecule has 0 saturated carbocycles. The van der Waals surface area contributed by atoms with Crippen molar-refractivity contribution >= 4 is 29.5 Å². The molecule has 5 rings (SSSR count). The van der Waals surface area contributed by atoms with Gasteiger partial charge in [0.25, 0.3) is 11.8 Å². The van der Waals surface area contributed by atoms with Crippen molar-refractivity contribution in [3.8, 4) is 0 Å². The largest absolute Gasteiger partial charge is 0.339 e. The van der Waals surface area contributed by atoms with Crippen LogP contribution in [0.5, 0.6) is 0 Å². The van der Waals surface area contributed by atoms with Crippen LogP contribution in [0.1, 0.15) is 52.0 Å². The Kier molecular flexibility index (Phi) is 5.71. The Labute approximate surface area is 191 Å². The van der Waals surface area contributed by atoms with E-state index >= 15 is 0 Å². The lowest BCUT2D eigenvalue weighted by Crippen LogP contribution is -2.54. The minimum Gasteiger partial charge on any atom is -0.339 e. The Morgan fingerprint density at radius 3 is 2.55 bits per heavy atom. The molecule has 1 aromatic carbocycles. The maximum atomic E-state index is 13.3. The lowest BCUT2D eigenvalue weighted by atomic mass is 10.0. The third-order valence-corrected chi connectivity index (χ3v) is 7.01. The minimum absolute atomic E-state index is 0.0836. The van der Waals surface area contributed by atoms with Gasteiger partial charge < -0.3 is 10.2 Å². The normalized spacial score (nSPS) is 26.1. The second kappa shape index (κ2) is 8.68. The molecule has 2 N–H and O–H groups in total. The lowest BCUT2D eigenvalue weighted by Gasteiger charge is -2.33. The molecule has 33 heavy (non-hydrogen) atoms. The highest BCUT2D eigenvalue weighted by molar-refractivity contribution is 6.24. The van der Waals surface area contributed by atoms with Crippen LogP contribution < -0.4 is 10.6 Å². The van der Waals surface area contributed by atoms with Gasteiger partial charge in [-0.25, -0.2) is 0 Å². The summed E-state index contributed by atoms with van der Waals surface area (Å²) in [6.07, 6.45) is 1.87. The summed E-state index contributed by atoms with van der Waals surface area (Å²) in [7, 11) is 0. The summed E-state index contributed by atoms with van der Waals surface area (Å²) in [5.41, 5.74) is 1.25. The van der Waals surface area contributed by atoms with Crippen LogP contribution in [0.4, 0.5) is 0 Å². The van der Waals surface area contributed by atoms with Crippen LogP contribution in [-0.2, 0) is 20.9 Å². The van der Waals surface area contributed by atoms with Crippen molar-refractivity contribution in [3.63, 3.8) is 0 Å². The molecular formula is C23H27N5O5. The van der Waals surface area contributed by atoms with E-state index in [9.17, 15) is 24.0 Å². The van der Waals surface area contributed by atoms with Crippen LogP contribution in [-0.4, -0.2) is 89.0 Å². The van der Waals surface area contributed by atoms with Crippen LogP contribution >= 0.6 is 0 Å². The summed E-state index contributed by atoms with van der Waals surface area (Å²) in [4.78, 5) is 68.3. The number of carbonyl (C=O) groups is 5. The van der Waals surface area contributed by atoms with E-state index in [4.69, 9.17) is 0 Å². The number of nitrogens with zero attached hydrogens (tertiary/aromatic N) is 3. The van der Waals surface area contributed by atoms with Gasteiger partial charge in [0.2, 0.25) is 17.7 Å². The zero-order valence-electron chi connectivity index (χ0n) is 18.3. The Hall–Kier alpha value is -3.11. The zero-order valence-corrected chi connectivity index (χ0v) is 18.3. The van der Waals surface area contributed by atoms with Crippen LogP contribution in [0.3, 0.4) is 0 Å². The summed E-state index contributed by atoms with van der Waals surface area (Å²) in [5, 5.41) is 5.47. The van der Waals surface area contributed by atoms with E-state index in [0.717, 1.165) is 37.4 Å². The van der Waals surface area contributed by atoms with Crippen molar-refractivity contribution in [2.24, 2.45) is 0 Å². The Bertz CT molecular complexity index is 1030. The number of piperazine rings is 1. The molecule has 0 radical (unpaired) electrons. The fourth-order valence-corrected chi connectivity index (χ4v) is 5.33. The first-order chi connectivity index (χ1) is 16.0. The number of imide groups is 2. The number of fused-ring (bicyclic) bond motifs is 1. The molecule has 10 heteroatoms. The van der Waals surface area contributed by atoms with E-state index in [1.165, 1.54) is 0 Å². The third kappa shape index (κ3) is 3.83. The van der Waals surface area contributed by atoms with Gasteiger partial charge in [-0.2, -0.15) is 0 Å². The molecule has 0 aromatic heterocycles. The van der Waals surface area contributed by atoms with E-state index in [0.29, 0.717) is 30.8 Å². The van der Waals surface area contributed by atoms with Crippen molar-refractivity contribution in [2.75, 3.05) is 32.7 Å². The SMILES string of the molecule is O=C1CCC(N2C(=O)c3cccc(CN4CCC[C@@H]4C(=O)N4CCNCC4)c3C2=O)C(=O)N1. The molecule has 2 atom stereocenters. The summed E-state index contributed by atoms with van der Waals surface area (Å²) in [6.45, 7) is 4.09. The molecule has 0 aliphatic carbocycles. The third-order valence-electron chi connectivity index (χ3n) is 7.01. The van der Waals surface area contributed by atoms with E-state index < -0.39 is 29.7 Å². The summed E-state index contributed by atoms with van der Waals surface area (Å²) >= 11 is 0. The zero-order chi connectivity index (χ0) is 23.1. The molecule has 3 saturated heterocycles. The van der Waals surface area contributed by atoms with Gasteiger partial charge in [-0.1, -0.05) is 12.1 Å². The first-order valence-corrected chi connectivity index (χ1v) is 11.5. The number of hydrogen-bond donors (Lipinski definition) is 2. The molecule has 4 aliphatic rings. The van der Waals surface area contributed by atoms with Crippen molar-refractivity contribution in [1.29, 1.82) is 0 Å². The monoisotopic (exact) mass is 453 g/mol. The second-order valence-electron chi connectivity index (χ2n) is 8.99. The Morgan fingerprint density at radius 1 is 1.00 bits per heavy atom. The molecule has 3 fully saturated rings. The van der Waals surface area contributed by atoms with Crippen molar-refractivity contribution < 1.29 is 24.0 Å². The summed E-state index contributed by atoms with van der Waals surface area (Å²) < 4.78 is 0. The summed E-state index contributed by atoms with van der Waals surface area (Å²) in [5.74, 6) is -1.93. The Balaban J connectivity index is 1.37. The quantitative estimate of drug-likeness (QED) is 0.589. The number of amides is 5. The first kappa shape index (κ1) is 21.7. The minimum atomic E-state index is -0.989. The molecule has 0 bridgehead atoms. The maximum absolute atomic E-state index is 13.3. The predicted octanol–water partition coefficient (Wildman–Crippen LogP) is -0.516. The lowest BCUT2D eigenvalue weighted by molar-refractivity contribution is -0.137. The van der Waals surface area contributed by atoms with Crippen LogP contribution in [0.2, 0.25) is 0 Å². The van der Waals surface area contributed by atoms with Crippen LogP contribution in [0.25, 0.3) is 0 Å². The molecule has 5 amide bonds. The molecule has 0 spiro atoms. The van der Waals surface area contributed by atoms with Gasteiger partial charge in [0.05, 0.1) is 17.2 Å². The van der Waals surface area contributed by atoms with Gasteiger partial charge in [0, 0.05) is 39.1 Å². The van der Waals surface area contributed by atoms with E-state index in [1.807, 2.05) is 11.0 Å². The van der Waals surface area contributed by atoms with Crippen LogP contribution in [0, 0.1) is 0 Å². The number of nitrogens with one attached hydrogen (secondary N) is 2. The highest BCUT2D eigenvalue weighted by Gasteiger charge is 2.46. The van der Waals surface area contributed by atoms with Gasteiger partial charge in [-0.05, 0) is 37.4 Å². The molecule has 1 unspecified atom stereocenters. The van der Waals surface area contributed by atoms with Gasteiger partial charge in [0.15, 0.2) is 0 Å². The number of benzene rings is 1. The van der Waals surface area contributed by atoms with E-state index in [-0.39, 0.29) is 30.4 Å². The number of likely N-dealkylation sites (tertiary alicyclic amines) is 1. The second-order valence-corrected chi connectivity index (χ2v) is 8.99. The highest BCUT2D eigenvalue weighted by atomic mass is 16.2. The van der Waals surface area contributed by atoms with E-state index in [1.54, 1.807) is 12.1 Å². The average molecular weight is 453 g/mol. The molecule has 4 heterocycles. The highest BCUT2D eigenvalue weighted by Crippen LogP contribution is 2.32. The van der Waals surface area contributed by atoms with E-state index in [2.05, 4.69) is 15.5 Å². The molecule has 1 aromatic rings. The van der Waals surface area contributed by atoms with Gasteiger partial charge in [-0.15, -0.1) is 0 Å². The van der Waals surface area contributed by atoms with Crippen LogP contribution in [0.15, 0.2) is 18.2 Å². The topological polar surface area (TPSA) is 119 Å². The average Bonchev–Trinajstić information content (AvgIpc) is 3.37. The Morgan fingerprint density at radius 2 is 1.79 bits per heavy atom. The van der Waals surface area contributed by atoms with Gasteiger partial charge in [-0.3, -0.25) is 39.1 Å². The van der Waals surface area contributed by atoms with Crippen molar-refractivity contribution in [1.82, 2.24) is 25.3 Å². The number of hydrogen-bond acceptors (Lipinski definition) is 7. The summed E-state index contributed by atoms with van der Waals surface area (Å²) in [6, 6.07) is 3.91. The number of carbonyl (C=O) groups excluding carboxylic acids is 5. The molecular weight excluding hydrogens is 426 g/mol. The fraction of sp³-hybridized carbons (Fsp3) is 0.522. The first-order valence-electron chi connectivity index (χ1n) is 11.5. The fourth-order valence-electron chi connectivity index (χ4n) is 5.33. The maximum Gasteiger partial charge on any atom is 0.262 e. The number of rotatable bonds is 4. The van der Waals surface area contributed by atoms with Crippen molar-refractivity contribution in [3.05, 3.63) is 34.9 Å². The molecule has 174 valence electrons. The van der Waals surface area contributed by atoms with Gasteiger partial charge in [0.1, 0.15) is 6.04 Å². The van der Waals surface area contributed by atoms with Crippen molar-refractivity contribution in [2.45, 2.75) is 44.3 Å².